The van der Waals surface area contributed by atoms with Gasteiger partial charge in [0.05, 0.1) is 23.9 Å². The van der Waals surface area contributed by atoms with Gasteiger partial charge in [0.25, 0.3) is 5.56 Å². The Kier molecular flexibility index (Phi) is 5.46. The molecular weight excluding hydrogens is 368 g/mol. The van der Waals surface area contributed by atoms with Crippen LogP contribution in [0.2, 0.25) is 0 Å². The first-order valence-corrected chi connectivity index (χ1v) is 9.87. The number of fused-ring (bicyclic) bond motifs is 1. The lowest BCUT2D eigenvalue weighted by Gasteiger charge is -2.36. The minimum absolute atomic E-state index is 0.0425. The number of hydrogen-bond acceptors (Lipinski definition) is 5. The fourth-order valence-corrected chi connectivity index (χ4v) is 3.66. The highest BCUT2D eigenvalue weighted by Gasteiger charge is 2.23. The largest absolute Gasteiger partial charge is 0.492 e. The topological polar surface area (TPSA) is 67.7 Å². The van der Waals surface area contributed by atoms with E-state index in [0.29, 0.717) is 25.1 Å². The van der Waals surface area contributed by atoms with Gasteiger partial charge in [-0.1, -0.05) is 30.3 Å². The van der Waals surface area contributed by atoms with E-state index in [0.717, 1.165) is 29.9 Å². The number of hydrogen-bond donors (Lipinski definition) is 0. The first-order valence-electron chi connectivity index (χ1n) is 9.87. The fraction of sp³-hybridized carbons (Fsp3) is 0.318. The predicted octanol–water partition coefficient (Wildman–Crippen LogP) is 2.14. The molecule has 0 N–H and O–H groups in total. The first-order chi connectivity index (χ1) is 14.2. The zero-order valence-corrected chi connectivity index (χ0v) is 16.5. The van der Waals surface area contributed by atoms with Crippen LogP contribution >= 0.6 is 0 Å². The molecule has 2 aromatic carbocycles. The van der Waals surface area contributed by atoms with Crippen LogP contribution in [-0.4, -0.2) is 53.4 Å². The van der Waals surface area contributed by atoms with Gasteiger partial charge in [-0.3, -0.25) is 9.59 Å². The SMILES string of the molecule is CCOc1ccccc1N1CCN(C(=O)Cn2ncc3ccccc3c2=O)CC1. The average molecular weight is 392 g/mol. The molecule has 0 atom stereocenters. The maximum atomic E-state index is 12.8. The third-order valence-corrected chi connectivity index (χ3v) is 5.19. The van der Waals surface area contributed by atoms with Crippen LogP contribution in [0, 0.1) is 0 Å². The van der Waals surface area contributed by atoms with Gasteiger partial charge in [-0.2, -0.15) is 5.10 Å². The van der Waals surface area contributed by atoms with E-state index in [-0.39, 0.29) is 18.0 Å². The molecule has 7 heteroatoms. The fourth-order valence-electron chi connectivity index (χ4n) is 3.66. The van der Waals surface area contributed by atoms with Gasteiger partial charge < -0.3 is 14.5 Å². The van der Waals surface area contributed by atoms with Crippen LogP contribution in [0.15, 0.2) is 59.5 Å². The van der Waals surface area contributed by atoms with Gasteiger partial charge in [-0.05, 0) is 25.1 Å². The maximum absolute atomic E-state index is 12.8. The number of para-hydroxylation sites is 2. The molecule has 0 aliphatic carbocycles. The number of benzene rings is 2. The van der Waals surface area contributed by atoms with Crippen LogP contribution in [0.25, 0.3) is 10.8 Å². The lowest BCUT2D eigenvalue weighted by Crippen LogP contribution is -2.50. The standard InChI is InChI=1S/C22H24N4O3/c1-2-29-20-10-6-5-9-19(20)24-11-13-25(14-12-24)21(27)16-26-22(28)18-8-4-3-7-17(18)15-23-26/h3-10,15H,2,11-14,16H2,1H3. The molecule has 4 rings (SSSR count). The smallest absolute Gasteiger partial charge is 0.275 e. The Morgan fingerprint density at radius 2 is 1.76 bits per heavy atom. The van der Waals surface area contributed by atoms with Crippen LogP contribution in [0.4, 0.5) is 5.69 Å². The summed E-state index contributed by atoms with van der Waals surface area (Å²) in [5.74, 6) is 0.773. The summed E-state index contributed by atoms with van der Waals surface area (Å²) < 4.78 is 6.97. The monoisotopic (exact) mass is 392 g/mol. The van der Waals surface area contributed by atoms with Crippen LogP contribution in [0.3, 0.4) is 0 Å². The van der Waals surface area contributed by atoms with Crippen molar-refractivity contribution in [2.24, 2.45) is 0 Å². The van der Waals surface area contributed by atoms with Crippen molar-refractivity contribution in [2.75, 3.05) is 37.7 Å². The first kappa shape index (κ1) is 19.0. The lowest BCUT2D eigenvalue weighted by molar-refractivity contribution is -0.132. The summed E-state index contributed by atoms with van der Waals surface area (Å²) >= 11 is 0. The molecule has 0 unspecified atom stereocenters. The van der Waals surface area contributed by atoms with Gasteiger partial charge in [0.1, 0.15) is 12.3 Å². The molecule has 1 saturated heterocycles. The molecule has 3 aromatic rings. The number of ether oxygens (including phenoxy) is 1. The Labute approximate surface area is 169 Å². The Bertz CT molecular complexity index is 1070. The van der Waals surface area contributed by atoms with E-state index < -0.39 is 0 Å². The molecule has 1 aliphatic heterocycles. The van der Waals surface area contributed by atoms with E-state index in [1.807, 2.05) is 49.4 Å². The molecule has 7 nitrogen and oxygen atoms in total. The number of aromatic nitrogens is 2. The molecule has 0 bridgehead atoms. The second-order valence-corrected chi connectivity index (χ2v) is 6.96. The van der Waals surface area contributed by atoms with Gasteiger partial charge in [-0.25, -0.2) is 4.68 Å². The summed E-state index contributed by atoms with van der Waals surface area (Å²) in [6.07, 6.45) is 1.63. The van der Waals surface area contributed by atoms with Crippen molar-refractivity contribution in [3.05, 3.63) is 65.1 Å². The summed E-state index contributed by atoms with van der Waals surface area (Å²) in [5.41, 5.74) is 0.814. The Balaban J connectivity index is 1.42. The van der Waals surface area contributed by atoms with Crippen LogP contribution in [0.1, 0.15) is 6.92 Å². The van der Waals surface area contributed by atoms with E-state index in [4.69, 9.17) is 4.74 Å². The molecule has 2 heterocycles. The van der Waals surface area contributed by atoms with E-state index in [9.17, 15) is 9.59 Å². The minimum atomic E-state index is -0.235. The van der Waals surface area contributed by atoms with Crippen LogP contribution < -0.4 is 15.2 Å². The Hall–Kier alpha value is -3.35. The third kappa shape index (κ3) is 3.94. The highest BCUT2D eigenvalue weighted by Crippen LogP contribution is 2.28. The molecule has 1 amide bonds. The van der Waals surface area contributed by atoms with Crippen LogP contribution in [0.5, 0.6) is 5.75 Å². The van der Waals surface area contributed by atoms with Crippen molar-refractivity contribution >= 4 is 22.4 Å². The lowest BCUT2D eigenvalue weighted by atomic mass is 10.2. The summed E-state index contributed by atoms with van der Waals surface area (Å²) in [4.78, 5) is 29.4. The van der Waals surface area contributed by atoms with Crippen molar-refractivity contribution in [1.82, 2.24) is 14.7 Å². The number of anilines is 1. The highest BCUT2D eigenvalue weighted by atomic mass is 16.5. The highest BCUT2D eigenvalue weighted by molar-refractivity contribution is 5.81. The van der Waals surface area contributed by atoms with Gasteiger partial charge >= 0.3 is 0 Å². The van der Waals surface area contributed by atoms with Gasteiger partial charge in [0.15, 0.2) is 0 Å². The van der Waals surface area contributed by atoms with E-state index in [1.54, 1.807) is 17.2 Å². The van der Waals surface area contributed by atoms with Crippen molar-refractivity contribution in [3.63, 3.8) is 0 Å². The summed E-state index contributed by atoms with van der Waals surface area (Å²) in [5, 5.41) is 5.52. The molecular formula is C22H24N4O3. The van der Waals surface area contributed by atoms with Crippen molar-refractivity contribution in [3.8, 4) is 5.75 Å². The summed E-state index contributed by atoms with van der Waals surface area (Å²) in [6.45, 7) is 5.17. The second-order valence-electron chi connectivity index (χ2n) is 6.96. The minimum Gasteiger partial charge on any atom is -0.492 e. The average Bonchev–Trinajstić information content (AvgIpc) is 2.76. The maximum Gasteiger partial charge on any atom is 0.275 e. The van der Waals surface area contributed by atoms with E-state index in [2.05, 4.69) is 10.00 Å². The summed E-state index contributed by atoms with van der Waals surface area (Å²) in [6, 6.07) is 15.2. The molecule has 29 heavy (non-hydrogen) atoms. The summed E-state index contributed by atoms with van der Waals surface area (Å²) in [7, 11) is 0. The second kappa shape index (κ2) is 8.34. The molecule has 0 spiro atoms. The number of carbonyl (C=O) groups excluding carboxylic acids is 1. The molecule has 1 aliphatic rings. The third-order valence-electron chi connectivity index (χ3n) is 5.19. The number of carbonyl (C=O) groups is 1. The molecule has 1 aromatic heterocycles. The Morgan fingerprint density at radius 3 is 2.55 bits per heavy atom. The number of amides is 1. The molecule has 0 saturated carbocycles. The number of nitrogens with zero attached hydrogens (tertiary/aromatic N) is 4. The van der Waals surface area contributed by atoms with Crippen molar-refractivity contribution in [1.29, 1.82) is 0 Å². The van der Waals surface area contributed by atoms with Gasteiger partial charge in [0.2, 0.25) is 5.91 Å². The predicted molar refractivity (Wildman–Crippen MR) is 112 cm³/mol. The molecule has 150 valence electrons. The number of rotatable bonds is 5. The van der Waals surface area contributed by atoms with Crippen LogP contribution in [-0.2, 0) is 11.3 Å². The Morgan fingerprint density at radius 1 is 1.03 bits per heavy atom. The molecule has 0 radical (unpaired) electrons. The van der Waals surface area contributed by atoms with Gasteiger partial charge in [-0.15, -0.1) is 0 Å². The van der Waals surface area contributed by atoms with E-state index in [1.165, 1.54) is 4.68 Å². The number of piperazine rings is 1. The molecule has 1 fully saturated rings. The van der Waals surface area contributed by atoms with Crippen molar-refractivity contribution < 1.29 is 9.53 Å². The van der Waals surface area contributed by atoms with E-state index >= 15 is 0 Å². The normalized spacial score (nSPS) is 14.2. The van der Waals surface area contributed by atoms with Crippen molar-refractivity contribution in [2.45, 2.75) is 13.5 Å². The van der Waals surface area contributed by atoms with Gasteiger partial charge in [0, 0.05) is 31.6 Å². The zero-order chi connectivity index (χ0) is 20.2. The zero-order valence-electron chi connectivity index (χ0n) is 16.5. The quantitative estimate of drug-likeness (QED) is 0.666.